The Bertz CT molecular complexity index is 338. The van der Waals surface area contributed by atoms with E-state index in [9.17, 15) is 0 Å². The van der Waals surface area contributed by atoms with Crippen LogP contribution in [0.15, 0.2) is 5.38 Å². The van der Waals surface area contributed by atoms with E-state index in [-0.39, 0.29) is 0 Å². The van der Waals surface area contributed by atoms with Crippen molar-refractivity contribution in [3.8, 4) is 0 Å². The molecule has 1 heterocycles. The van der Waals surface area contributed by atoms with Gasteiger partial charge in [-0.2, -0.15) is 0 Å². The minimum atomic E-state index is 0.333. The quantitative estimate of drug-likeness (QED) is 0.777. The third-order valence-electron chi connectivity index (χ3n) is 3.51. The Morgan fingerprint density at radius 1 is 1.39 bits per heavy atom. The van der Waals surface area contributed by atoms with Crippen molar-refractivity contribution in [2.75, 3.05) is 18.5 Å². The third kappa shape index (κ3) is 3.95. The van der Waals surface area contributed by atoms with Crippen molar-refractivity contribution < 1.29 is 0 Å². The van der Waals surface area contributed by atoms with Crippen molar-refractivity contribution in [3.05, 3.63) is 11.1 Å². The second-order valence-electron chi connectivity index (χ2n) is 4.87. The van der Waals surface area contributed by atoms with Crippen LogP contribution in [0.5, 0.6) is 0 Å². The Kier molecular flexibility index (Phi) is 6.65. The highest BCUT2D eigenvalue weighted by atomic mass is 32.1. The van der Waals surface area contributed by atoms with E-state index >= 15 is 0 Å². The van der Waals surface area contributed by atoms with Gasteiger partial charge in [-0.25, -0.2) is 4.98 Å². The van der Waals surface area contributed by atoms with Crippen molar-refractivity contribution >= 4 is 16.5 Å². The van der Waals surface area contributed by atoms with Crippen molar-refractivity contribution in [1.82, 2.24) is 10.3 Å². The second-order valence-corrected chi connectivity index (χ2v) is 5.71. The number of nitrogens with one attached hydrogen (secondary N) is 1. The van der Waals surface area contributed by atoms with Crippen LogP contribution >= 0.6 is 11.3 Å². The number of unbranched alkanes of at least 4 members (excludes halogenated alkanes) is 1. The smallest absolute Gasteiger partial charge is 0.185 e. The molecule has 0 amide bonds. The van der Waals surface area contributed by atoms with Gasteiger partial charge in [0.05, 0.1) is 5.69 Å². The lowest BCUT2D eigenvalue weighted by molar-refractivity contribution is 0.589. The van der Waals surface area contributed by atoms with Crippen LogP contribution in [0.3, 0.4) is 0 Å². The van der Waals surface area contributed by atoms with Gasteiger partial charge >= 0.3 is 0 Å². The predicted octanol–water partition coefficient (Wildman–Crippen LogP) is 3.83. The molecule has 0 aliphatic carbocycles. The van der Waals surface area contributed by atoms with Crippen molar-refractivity contribution in [2.24, 2.45) is 0 Å². The highest BCUT2D eigenvalue weighted by Gasteiger charge is 2.17. The summed E-state index contributed by atoms with van der Waals surface area (Å²) in [7, 11) is 1.98. The zero-order valence-corrected chi connectivity index (χ0v) is 13.2. The summed E-state index contributed by atoms with van der Waals surface area (Å²) in [5.41, 5.74) is 1.15. The fourth-order valence-corrected chi connectivity index (χ4v) is 2.86. The molecule has 1 aromatic heterocycles. The molecule has 0 saturated heterocycles. The second kappa shape index (κ2) is 7.74. The van der Waals surface area contributed by atoms with Gasteiger partial charge in [-0.05, 0) is 33.7 Å². The molecular weight excluding hydrogens is 242 g/mol. The van der Waals surface area contributed by atoms with Crippen LogP contribution in [0.4, 0.5) is 5.13 Å². The molecular formula is C14H27N3S. The van der Waals surface area contributed by atoms with E-state index < -0.39 is 0 Å². The zero-order valence-electron chi connectivity index (χ0n) is 12.4. The number of nitrogens with zero attached hydrogens (tertiary/aromatic N) is 2. The maximum absolute atomic E-state index is 4.79. The summed E-state index contributed by atoms with van der Waals surface area (Å²) >= 11 is 1.77. The Hall–Kier alpha value is -0.610. The maximum atomic E-state index is 4.79. The van der Waals surface area contributed by atoms with E-state index in [1.807, 2.05) is 7.05 Å². The summed E-state index contributed by atoms with van der Waals surface area (Å²) in [6.45, 7) is 10.0. The number of rotatable bonds is 8. The number of thiazole rings is 1. The van der Waals surface area contributed by atoms with Gasteiger partial charge in [-0.15, -0.1) is 11.3 Å². The summed E-state index contributed by atoms with van der Waals surface area (Å²) in [6, 6.07) is 0.903. The standard InChI is InChI=1S/C14H27N3S/c1-6-8-9-17(11(3)7-2)14-16-13(10-18-14)12(4)15-5/h10-12,15H,6-9H2,1-5H3. The van der Waals surface area contributed by atoms with Crippen LogP contribution in [-0.4, -0.2) is 24.6 Å². The van der Waals surface area contributed by atoms with E-state index in [2.05, 4.69) is 43.3 Å². The fourth-order valence-electron chi connectivity index (χ4n) is 1.81. The molecule has 1 N–H and O–H groups in total. The van der Waals surface area contributed by atoms with E-state index in [1.165, 1.54) is 24.4 Å². The van der Waals surface area contributed by atoms with Gasteiger partial charge in [-0.3, -0.25) is 0 Å². The lowest BCUT2D eigenvalue weighted by Crippen LogP contribution is -2.33. The van der Waals surface area contributed by atoms with E-state index in [4.69, 9.17) is 4.98 Å². The largest absolute Gasteiger partial charge is 0.345 e. The molecule has 2 unspecified atom stereocenters. The SMILES string of the molecule is CCCCN(c1nc(C(C)NC)cs1)C(C)CC. The maximum Gasteiger partial charge on any atom is 0.185 e. The van der Waals surface area contributed by atoms with Gasteiger partial charge < -0.3 is 10.2 Å². The van der Waals surface area contributed by atoms with E-state index in [0.29, 0.717) is 12.1 Å². The molecule has 0 aliphatic rings. The third-order valence-corrected chi connectivity index (χ3v) is 4.40. The molecule has 0 radical (unpaired) electrons. The first kappa shape index (κ1) is 15.4. The van der Waals surface area contributed by atoms with Crippen LogP contribution in [0.2, 0.25) is 0 Å². The summed E-state index contributed by atoms with van der Waals surface area (Å²) in [6.07, 6.45) is 3.64. The lowest BCUT2D eigenvalue weighted by Gasteiger charge is -2.28. The van der Waals surface area contributed by atoms with Crippen LogP contribution < -0.4 is 10.2 Å². The first-order chi connectivity index (χ1) is 8.63. The van der Waals surface area contributed by atoms with E-state index in [0.717, 1.165) is 12.2 Å². The highest BCUT2D eigenvalue weighted by Crippen LogP contribution is 2.26. The minimum Gasteiger partial charge on any atom is -0.345 e. The molecule has 18 heavy (non-hydrogen) atoms. The fraction of sp³-hybridized carbons (Fsp3) is 0.786. The van der Waals surface area contributed by atoms with Gasteiger partial charge in [0.25, 0.3) is 0 Å². The molecule has 0 saturated carbocycles. The monoisotopic (exact) mass is 269 g/mol. The van der Waals surface area contributed by atoms with Crippen LogP contribution in [0, 0.1) is 0 Å². The molecule has 0 aromatic carbocycles. The van der Waals surface area contributed by atoms with Crippen molar-refractivity contribution in [2.45, 2.75) is 59.0 Å². The predicted molar refractivity (Wildman–Crippen MR) is 81.6 cm³/mol. The molecule has 1 rings (SSSR count). The van der Waals surface area contributed by atoms with Crippen LogP contribution in [-0.2, 0) is 0 Å². The first-order valence-corrected chi connectivity index (χ1v) is 7.91. The van der Waals surface area contributed by atoms with Gasteiger partial charge in [-0.1, -0.05) is 20.3 Å². The summed E-state index contributed by atoms with van der Waals surface area (Å²) in [5.74, 6) is 0. The van der Waals surface area contributed by atoms with E-state index in [1.54, 1.807) is 11.3 Å². The summed E-state index contributed by atoms with van der Waals surface area (Å²) in [4.78, 5) is 7.24. The Morgan fingerprint density at radius 2 is 2.11 bits per heavy atom. The van der Waals surface area contributed by atoms with Gasteiger partial charge in [0.2, 0.25) is 0 Å². The molecule has 3 nitrogen and oxygen atoms in total. The van der Waals surface area contributed by atoms with Gasteiger partial charge in [0.1, 0.15) is 0 Å². The first-order valence-electron chi connectivity index (χ1n) is 7.03. The Balaban J connectivity index is 2.81. The molecule has 0 bridgehead atoms. The minimum absolute atomic E-state index is 0.333. The topological polar surface area (TPSA) is 28.2 Å². The number of hydrogen-bond donors (Lipinski definition) is 1. The van der Waals surface area contributed by atoms with Crippen molar-refractivity contribution in [1.29, 1.82) is 0 Å². The number of hydrogen-bond acceptors (Lipinski definition) is 4. The van der Waals surface area contributed by atoms with Crippen LogP contribution in [0.25, 0.3) is 0 Å². The molecule has 2 atom stereocenters. The van der Waals surface area contributed by atoms with Gasteiger partial charge in [0, 0.05) is 24.0 Å². The Morgan fingerprint density at radius 3 is 2.67 bits per heavy atom. The van der Waals surface area contributed by atoms with Crippen molar-refractivity contribution in [3.63, 3.8) is 0 Å². The molecule has 4 heteroatoms. The molecule has 0 aliphatic heterocycles. The summed E-state index contributed by atoms with van der Waals surface area (Å²) in [5, 5.41) is 6.60. The van der Waals surface area contributed by atoms with Gasteiger partial charge in [0.15, 0.2) is 5.13 Å². The Labute approximate surface area is 116 Å². The average molecular weight is 269 g/mol. The molecule has 0 spiro atoms. The molecule has 0 fully saturated rings. The zero-order chi connectivity index (χ0) is 13.5. The molecule has 104 valence electrons. The number of anilines is 1. The normalized spacial score (nSPS) is 14.5. The highest BCUT2D eigenvalue weighted by molar-refractivity contribution is 7.13. The molecule has 1 aromatic rings. The summed E-state index contributed by atoms with van der Waals surface area (Å²) < 4.78 is 0. The average Bonchev–Trinajstić information content (AvgIpc) is 2.87. The van der Waals surface area contributed by atoms with Crippen LogP contribution in [0.1, 0.15) is 58.7 Å². The number of aromatic nitrogens is 1. The lowest BCUT2D eigenvalue weighted by atomic mass is 10.2.